The zero-order valence-corrected chi connectivity index (χ0v) is 26.9. The highest BCUT2D eigenvalue weighted by Crippen LogP contribution is 2.55. The Morgan fingerprint density at radius 2 is 1.70 bits per heavy atom. The van der Waals surface area contributed by atoms with Gasteiger partial charge < -0.3 is 29.8 Å². The van der Waals surface area contributed by atoms with Crippen LogP contribution in [0.2, 0.25) is 0 Å². The summed E-state index contributed by atoms with van der Waals surface area (Å²) >= 11 is 1.01. The zero-order chi connectivity index (χ0) is 32.1. The van der Waals surface area contributed by atoms with Crippen molar-refractivity contribution in [2.24, 2.45) is 24.8 Å². The quantitative estimate of drug-likeness (QED) is 0.135. The molecule has 2 aromatic heterocycles. The second-order valence-electron chi connectivity index (χ2n) is 13.5. The number of fused-ring (bicyclic) bond motifs is 1. The molecule has 4 aliphatic carbocycles. The molecule has 0 radical (unpaired) electrons. The molecule has 4 saturated carbocycles. The summed E-state index contributed by atoms with van der Waals surface area (Å²) in [5.41, 5.74) is 3.35. The van der Waals surface area contributed by atoms with E-state index in [1.165, 1.54) is 19.3 Å². The first kappa shape index (κ1) is 29.6. The van der Waals surface area contributed by atoms with Gasteiger partial charge in [0.15, 0.2) is 0 Å². The molecule has 47 heavy (non-hydrogen) atoms. The highest BCUT2D eigenvalue weighted by molar-refractivity contribution is 7.09. The Morgan fingerprint density at radius 3 is 2.40 bits per heavy atom. The van der Waals surface area contributed by atoms with Gasteiger partial charge in [-0.25, -0.2) is 9.78 Å². The van der Waals surface area contributed by atoms with Gasteiger partial charge in [-0.15, -0.1) is 0 Å². The van der Waals surface area contributed by atoms with Crippen LogP contribution in [0.1, 0.15) is 54.8 Å². The maximum atomic E-state index is 13.1. The number of hydrogen-bond donors (Lipinski definition) is 4. The first-order chi connectivity index (χ1) is 22.8. The number of imidazole rings is 1. The molecule has 4 bridgehead atoms. The minimum Gasteiger partial charge on any atom is -0.494 e. The molecule has 242 valence electrons. The smallest absolute Gasteiger partial charge is 0.319 e. The Morgan fingerprint density at radius 1 is 1.00 bits per heavy atom. The number of amides is 2. The number of thiazole rings is 1. The SMILES string of the molecule is Cn1c(COc2ccc(Cc3sc(=O)[nH]c3O)cc2)nc2ccc(Oc3cccc(NC(=O)NC45CC6CC(CC(C6)C4)C5)c3)cc21. The second-order valence-corrected chi connectivity index (χ2v) is 14.6. The number of nitrogens with zero attached hydrogens (tertiary/aromatic N) is 2. The molecule has 11 heteroatoms. The topological polar surface area (TPSA) is 130 Å². The maximum Gasteiger partial charge on any atom is 0.319 e. The number of ether oxygens (including phenoxy) is 2. The van der Waals surface area contributed by atoms with Crippen LogP contribution in [-0.4, -0.2) is 31.2 Å². The number of aromatic nitrogens is 3. The summed E-state index contributed by atoms with van der Waals surface area (Å²) in [6, 6.07) is 20.7. The van der Waals surface area contributed by atoms with E-state index >= 15 is 0 Å². The van der Waals surface area contributed by atoms with Gasteiger partial charge in [0, 0.05) is 36.8 Å². The fourth-order valence-corrected chi connectivity index (χ4v) is 9.12. The summed E-state index contributed by atoms with van der Waals surface area (Å²) in [5.74, 6) is 4.98. The lowest BCUT2D eigenvalue weighted by Gasteiger charge is -2.56. The molecule has 0 unspecified atom stereocenters. The molecule has 4 fully saturated rings. The molecule has 0 saturated heterocycles. The number of aromatic amines is 1. The summed E-state index contributed by atoms with van der Waals surface area (Å²) in [6.45, 7) is 0.278. The third-order valence-electron chi connectivity index (χ3n) is 10.0. The van der Waals surface area contributed by atoms with Crippen molar-refractivity contribution in [3.8, 4) is 23.1 Å². The number of anilines is 1. The summed E-state index contributed by atoms with van der Waals surface area (Å²) in [5, 5.41) is 16.3. The van der Waals surface area contributed by atoms with Gasteiger partial charge in [-0.05, 0) is 98.2 Å². The molecule has 0 atom stereocenters. The maximum absolute atomic E-state index is 13.1. The van der Waals surface area contributed by atoms with Crippen molar-refractivity contribution >= 4 is 34.1 Å². The lowest BCUT2D eigenvalue weighted by Crippen LogP contribution is -2.60. The molecular weight excluding hydrogens is 614 g/mol. The van der Waals surface area contributed by atoms with E-state index in [0.717, 1.165) is 70.8 Å². The molecule has 9 rings (SSSR count). The highest BCUT2D eigenvalue weighted by Gasteiger charge is 2.51. The lowest BCUT2D eigenvalue weighted by atomic mass is 9.53. The highest BCUT2D eigenvalue weighted by atomic mass is 32.1. The van der Waals surface area contributed by atoms with Crippen LogP contribution in [0.15, 0.2) is 71.5 Å². The number of aryl methyl sites for hydroxylation is 1. The standard InChI is InChI=1S/C36H37N5O5S/c1-41-30-16-28(9-10-29(30)38-32(41)20-45-26-7-5-21(6-8-26)14-31-33(42)39-35(44)47-31)46-27-4-2-3-25(15-27)37-34(43)40-36-17-22-11-23(18-36)13-24(12-22)19-36/h2-10,15-16,22-24,42H,11-14,17-20H2,1H3,(H,39,44)(H2,37,40,43). The second kappa shape index (κ2) is 11.8. The fourth-order valence-electron chi connectivity index (χ4n) is 8.36. The predicted molar refractivity (Wildman–Crippen MR) is 180 cm³/mol. The Bertz CT molecular complexity index is 1980. The van der Waals surface area contributed by atoms with E-state index in [1.807, 2.05) is 78.3 Å². The monoisotopic (exact) mass is 651 g/mol. The van der Waals surface area contributed by atoms with Crippen LogP contribution < -0.4 is 25.0 Å². The van der Waals surface area contributed by atoms with Gasteiger partial charge in [0.1, 0.15) is 29.7 Å². The van der Waals surface area contributed by atoms with Crippen LogP contribution in [0.4, 0.5) is 10.5 Å². The number of H-pyrrole nitrogens is 1. The van der Waals surface area contributed by atoms with Crippen molar-refractivity contribution in [2.75, 3.05) is 5.32 Å². The number of benzene rings is 3. The molecule has 10 nitrogen and oxygen atoms in total. The predicted octanol–water partition coefficient (Wildman–Crippen LogP) is 7.08. The van der Waals surface area contributed by atoms with Gasteiger partial charge in [0.25, 0.3) is 0 Å². The average Bonchev–Trinajstić information content (AvgIpc) is 3.51. The van der Waals surface area contributed by atoms with Crippen molar-refractivity contribution in [2.45, 2.75) is 57.1 Å². The van der Waals surface area contributed by atoms with Crippen LogP contribution in [0.25, 0.3) is 11.0 Å². The number of nitrogens with one attached hydrogen (secondary N) is 3. The minimum atomic E-state index is -0.270. The Balaban J connectivity index is 0.890. The molecule has 0 spiro atoms. The fraction of sp³-hybridized carbons (Fsp3) is 0.361. The van der Waals surface area contributed by atoms with Gasteiger partial charge in [-0.2, -0.15) is 0 Å². The first-order valence-corrected chi connectivity index (χ1v) is 17.0. The van der Waals surface area contributed by atoms with Crippen molar-refractivity contribution in [3.63, 3.8) is 0 Å². The van der Waals surface area contributed by atoms with Crippen LogP contribution in [0.3, 0.4) is 0 Å². The third kappa shape index (κ3) is 6.19. The zero-order valence-electron chi connectivity index (χ0n) is 26.1. The van der Waals surface area contributed by atoms with E-state index in [1.54, 1.807) is 0 Å². The Labute approximate surface area is 275 Å². The normalized spacial score (nSPS) is 22.8. The van der Waals surface area contributed by atoms with Crippen LogP contribution in [-0.2, 0) is 20.1 Å². The van der Waals surface area contributed by atoms with Gasteiger partial charge in [-0.1, -0.05) is 29.5 Å². The van der Waals surface area contributed by atoms with E-state index in [9.17, 15) is 14.7 Å². The van der Waals surface area contributed by atoms with Gasteiger partial charge in [0.2, 0.25) is 5.88 Å². The average molecular weight is 652 g/mol. The summed E-state index contributed by atoms with van der Waals surface area (Å²) in [6.07, 6.45) is 7.82. The van der Waals surface area contributed by atoms with E-state index in [-0.39, 0.29) is 28.9 Å². The van der Waals surface area contributed by atoms with Crippen molar-refractivity contribution < 1.29 is 19.4 Å². The number of carbonyl (C=O) groups is 1. The first-order valence-electron chi connectivity index (χ1n) is 16.2. The van der Waals surface area contributed by atoms with E-state index < -0.39 is 0 Å². The number of aromatic hydroxyl groups is 1. The van der Waals surface area contributed by atoms with E-state index in [4.69, 9.17) is 14.5 Å². The van der Waals surface area contributed by atoms with Gasteiger partial charge >= 0.3 is 10.9 Å². The molecule has 3 aromatic carbocycles. The molecule has 4 N–H and O–H groups in total. The number of urea groups is 1. The molecule has 5 aromatic rings. The number of hydrogen-bond acceptors (Lipinski definition) is 7. The van der Waals surface area contributed by atoms with Gasteiger partial charge in [0.05, 0.1) is 15.9 Å². The number of rotatable bonds is 9. The van der Waals surface area contributed by atoms with Crippen LogP contribution in [0, 0.1) is 17.8 Å². The summed E-state index contributed by atoms with van der Waals surface area (Å²) in [4.78, 5) is 32.0. The minimum absolute atomic E-state index is 0.0422. The van der Waals surface area contributed by atoms with E-state index in [2.05, 4.69) is 15.6 Å². The number of carbonyl (C=O) groups excluding carboxylic acids is 1. The molecule has 2 heterocycles. The summed E-state index contributed by atoms with van der Waals surface area (Å²) < 4.78 is 14.2. The van der Waals surface area contributed by atoms with Gasteiger partial charge in [-0.3, -0.25) is 9.78 Å². The summed E-state index contributed by atoms with van der Waals surface area (Å²) in [7, 11) is 1.95. The van der Waals surface area contributed by atoms with Crippen LogP contribution >= 0.6 is 11.3 Å². The molecule has 0 aliphatic heterocycles. The van der Waals surface area contributed by atoms with Crippen molar-refractivity contribution in [1.29, 1.82) is 0 Å². The van der Waals surface area contributed by atoms with E-state index in [0.29, 0.717) is 34.2 Å². The molecule has 4 aliphatic rings. The molecule has 2 amide bonds. The Hall–Kier alpha value is -4.77. The molecular formula is C36H37N5O5S. The third-order valence-corrected chi connectivity index (χ3v) is 10.9. The van der Waals surface area contributed by atoms with Crippen molar-refractivity contribution in [3.05, 3.63) is 92.7 Å². The van der Waals surface area contributed by atoms with Crippen molar-refractivity contribution in [1.82, 2.24) is 19.9 Å². The largest absolute Gasteiger partial charge is 0.494 e. The Kier molecular flexibility index (Phi) is 7.43. The lowest BCUT2D eigenvalue weighted by molar-refractivity contribution is -0.0127. The van der Waals surface area contributed by atoms with Crippen LogP contribution in [0.5, 0.6) is 23.1 Å².